The molecular formula is C17H18ClFN2O3S2. The van der Waals surface area contributed by atoms with Gasteiger partial charge in [-0.1, -0.05) is 23.7 Å². The summed E-state index contributed by atoms with van der Waals surface area (Å²) in [6.45, 7) is 2.06. The molecule has 1 aliphatic rings. The molecule has 2 heterocycles. The number of thiophene rings is 1. The predicted molar refractivity (Wildman–Crippen MR) is 99.2 cm³/mol. The molecule has 140 valence electrons. The lowest BCUT2D eigenvalue weighted by Gasteiger charge is -2.24. The van der Waals surface area contributed by atoms with Crippen LogP contribution >= 0.6 is 22.9 Å². The molecule has 1 aliphatic heterocycles. The summed E-state index contributed by atoms with van der Waals surface area (Å²) in [7, 11) is -3.68. The Labute approximate surface area is 160 Å². The van der Waals surface area contributed by atoms with Gasteiger partial charge < -0.3 is 5.32 Å². The van der Waals surface area contributed by atoms with E-state index in [0.29, 0.717) is 24.9 Å². The van der Waals surface area contributed by atoms with E-state index in [1.807, 2.05) is 0 Å². The van der Waals surface area contributed by atoms with E-state index in [-0.39, 0.29) is 15.1 Å². The van der Waals surface area contributed by atoms with Gasteiger partial charge in [0.25, 0.3) is 10.0 Å². The van der Waals surface area contributed by atoms with Crippen molar-refractivity contribution in [3.05, 3.63) is 52.1 Å². The maximum Gasteiger partial charge on any atom is 0.253 e. The Morgan fingerprint density at radius 1 is 1.42 bits per heavy atom. The summed E-state index contributed by atoms with van der Waals surface area (Å²) in [5.41, 5.74) is 0.649. The molecule has 3 rings (SSSR count). The zero-order valence-corrected chi connectivity index (χ0v) is 16.4. The van der Waals surface area contributed by atoms with Crippen LogP contribution in [0.1, 0.15) is 31.4 Å². The highest BCUT2D eigenvalue weighted by Crippen LogP contribution is 2.29. The predicted octanol–water partition coefficient (Wildman–Crippen LogP) is 3.57. The second-order valence-corrected chi connectivity index (χ2v) is 9.58. The lowest BCUT2D eigenvalue weighted by atomic mass is 10.1. The molecule has 1 amide bonds. The summed E-state index contributed by atoms with van der Waals surface area (Å²) in [5, 5.41) is 4.48. The highest BCUT2D eigenvalue weighted by Gasteiger charge is 2.40. The Hall–Kier alpha value is -1.48. The number of sulfonamides is 1. The van der Waals surface area contributed by atoms with Gasteiger partial charge in [0, 0.05) is 6.54 Å². The number of nitrogens with one attached hydrogen (secondary N) is 1. The van der Waals surface area contributed by atoms with Gasteiger partial charge in [-0.3, -0.25) is 4.79 Å². The van der Waals surface area contributed by atoms with Crippen LogP contribution < -0.4 is 5.32 Å². The molecule has 2 aromatic rings. The minimum absolute atomic E-state index is 0.0219. The van der Waals surface area contributed by atoms with E-state index in [2.05, 4.69) is 5.32 Å². The molecule has 5 nitrogen and oxygen atoms in total. The zero-order valence-electron chi connectivity index (χ0n) is 14.0. The quantitative estimate of drug-likeness (QED) is 0.810. The van der Waals surface area contributed by atoms with E-state index in [9.17, 15) is 17.6 Å². The first-order valence-corrected chi connectivity index (χ1v) is 10.8. The van der Waals surface area contributed by atoms with Crippen molar-refractivity contribution in [2.75, 3.05) is 6.54 Å². The molecular weight excluding hydrogens is 399 g/mol. The Morgan fingerprint density at radius 3 is 2.85 bits per heavy atom. The number of carbonyl (C=O) groups is 1. The van der Waals surface area contributed by atoms with Gasteiger partial charge in [-0.2, -0.15) is 4.31 Å². The first-order chi connectivity index (χ1) is 12.3. The standard InChI is InChI=1S/C17H18ClFN2O3S2/c1-11(12-6-7-14(19)13(18)10-12)20-17(22)15-4-2-8-21(15)26(23,24)16-5-3-9-25-16/h3,5-7,9-11,15H,2,4,8H2,1H3,(H,20,22)/t11-,15-/m1/s1. The summed E-state index contributed by atoms with van der Waals surface area (Å²) in [5.74, 6) is -0.895. The summed E-state index contributed by atoms with van der Waals surface area (Å²) in [6.07, 6.45) is 1.09. The summed E-state index contributed by atoms with van der Waals surface area (Å²) >= 11 is 6.92. The molecule has 0 aliphatic carbocycles. The van der Waals surface area contributed by atoms with Crippen molar-refractivity contribution in [3.8, 4) is 0 Å². The van der Waals surface area contributed by atoms with Gasteiger partial charge in [0.2, 0.25) is 5.91 Å². The van der Waals surface area contributed by atoms with Crippen LogP contribution in [0.5, 0.6) is 0 Å². The van der Waals surface area contributed by atoms with Crippen LogP contribution in [0.25, 0.3) is 0 Å². The number of hydrogen-bond acceptors (Lipinski definition) is 4. The minimum atomic E-state index is -3.68. The average Bonchev–Trinajstić information content (AvgIpc) is 3.29. The molecule has 1 N–H and O–H groups in total. The van der Waals surface area contributed by atoms with Crippen LogP contribution in [0.2, 0.25) is 5.02 Å². The van der Waals surface area contributed by atoms with E-state index in [1.54, 1.807) is 24.4 Å². The smallest absolute Gasteiger partial charge is 0.253 e. The molecule has 26 heavy (non-hydrogen) atoms. The summed E-state index contributed by atoms with van der Waals surface area (Å²) in [4.78, 5) is 12.7. The van der Waals surface area contributed by atoms with Crippen molar-refractivity contribution in [2.24, 2.45) is 0 Å². The van der Waals surface area contributed by atoms with Crippen LogP contribution in [-0.4, -0.2) is 31.2 Å². The van der Waals surface area contributed by atoms with Crippen molar-refractivity contribution in [1.29, 1.82) is 0 Å². The van der Waals surface area contributed by atoms with Gasteiger partial charge in [0.1, 0.15) is 16.1 Å². The van der Waals surface area contributed by atoms with Gasteiger partial charge in [-0.25, -0.2) is 12.8 Å². The average molecular weight is 417 g/mol. The Balaban J connectivity index is 1.75. The van der Waals surface area contributed by atoms with Gasteiger partial charge in [0.05, 0.1) is 11.1 Å². The maximum atomic E-state index is 13.3. The second kappa shape index (κ2) is 7.64. The van der Waals surface area contributed by atoms with Crippen LogP contribution in [0.4, 0.5) is 4.39 Å². The van der Waals surface area contributed by atoms with Crippen LogP contribution in [0.15, 0.2) is 39.9 Å². The van der Waals surface area contributed by atoms with Crippen molar-refractivity contribution >= 4 is 38.9 Å². The Morgan fingerprint density at radius 2 is 2.19 bits per heavy atom. The number of rotatable bonds is 5. The van der Waals surface area contributed by atoms with Crippen LogP contribution in [0, 0.1) is 5.82 Å². The lowest BCUT2D eigenvalue weighted by molar-refractivity contribution is -0.124. The Kier molecular flexibility index (Phi) is 5.67. The zero-order chi connectivity index (χ0) is 18.9. The summed E-state index contributed by atoms with van der Waals surface area (Å²) in [6, 6.07) is 6.27. The van der Waals surface area contributed by atoms with Gasteiger partial charge in [0.15, 0.2) is 0 Å². The van der Waals surface area contributed by atoms with Gasteiger partial charge >= 0.3 is 0 Å². The van der Waals surface area contributed by atoms with Crippen molar-refractivity contribution in [2.45, 2.75) is 36.1 Å². The fourth-order valence-corrected chi connectivity index (χ4v) is 5.96. The van der Waals surface area contributed by atoms with Crippen molar-refractivity contribution < 1.29 is 17.6 Å². The molecule has 1 aromatic carbocycles. The van der Waals surface area contributed by atoms with E-state index in [1.165, 1.54) is 22.5 Å². The molecule has 0 saturated carbocycles. The van der Waals surface area contributed by atoms with Gasteiger partial charge in [-0.05, 0) is 48.9 Å². The normalized spacial score (nSPS) is 19.4. The second-order valence-electron chi connectivity index (χ2n) is 6.11. The first-order valence-electron chi connectivity index (χ1n) is 8.11. The van der Waals surface area contributed by atoms with E-state index >= 15 is 0 Å². The van der Waals surface area contributed by atoms with E-state index < -0.39 is 27.9 Å². The third-order valence-electron chi connectivity index (χ3n) is 4.37. The lowest BCUT2D eigenvalue weighted by Crippen LogP contribution is -2.46. The van der Waals surface area contributed by atoms with E-state index in [4.69, 9.17) is 11.6 Å². The Bertz CT molecular complexity index is 903. The third-order valence-corrected chi connectivity index (χ3v) is 7.94. The topological polar surface area (TPSA) is 66.5 Å². The molecule has 2 atom stereocenters. The van der Waals surface area contributed by atoms with Crippen molar-refractivity contribution in [3.63, 3.8) is 0 Å². The molecule has 1 aromatic heterocycles. The number of benzene rings is 1. The largest absolute Gasteiger partial charge is 0.348 e. The SMILES string of the molecule is C[C@@H](NC(=O)[C@H]1CCCN1S(=O)(=O)c1cccs1)c1ccc(F)c(Cl)c1. The molecule has 1 fully saturated rings. The maximum absolute atomic E-state index is 13.3. The first kappa shape index (κ1) is 19.3. The molecule has 0 spiro atoms. The molecule has 0 unspecified atom stereocenters. The highest BCUT2D eigenvalue weighted by atomic mass is 35.5. The molecule has 0 bridgehead atoms. The van der Waals surface area contributed by atoms with Crippen LogP contribution in [-0.2, 0) is 14.8 Å². The monoisotopic (exact) mass is 416 g/mol. The third kappa shape index (κ3) is 3.78. The fourth-order valence-electron chi connectivity index (χ4n) is 2.99. The molecule has 0 radical (unpaired) electrons. The minimum Gasteiger partial charge on any atom is -0.348 e. The number of hydrogen-bond donors (Lipinski definition) is 1. The number of halogens is 2. The van der Waals surface area contributed by atoms with Crippen molar-refractivity contribution in [1.82, 2.24) is 9.62 Å². The van der Waals surface area contributed by atoms with Crippen LogP contribution in [0.3, 0.4) is 0 Å². The number of amides is 1. The van der Waals surface area contributed by atoms with E-state index in [0.717, 1.165) is 11.3 Å². The fraction of sp³-hybridized carbons (Fsp3) is 0.353. The van der Waals surface area contributed by atoms with Gasteiger partial charge in [-0.15, -0.1) is 11.3 Å². The number of nitrogens with zero attached hydrogens (tertiary/aromatic N) is 1. The number of carbonyl (C=O) groups excluding carboxylic acids is 1. The molecule has 1 saturated heterocycles. The summed E-state index contributed by atoms with van der Waals surface area (Å²) < 4.78 is 40.3. The highest BCUT2D eigenvalue weighted by molar-refractivity contribution is 7.91. The molecule has 9 heteroatoms.